The van der Waals surface area contributed by atoms with Gasteiger partial charge in [-0.25, -0.2) is 9.78 Å². The zero-order chi connectivity index (χ0) is 31.4. The number of aromatic nitrogens is 2. The van der Waals surface area contributed by atoms with Crippen molar-refractivity contribution in [2.75, 3.05) is 6.61 Å². The Hall–Kier alpha value is -3.80. The lowest BCUT2D eigenvalue weighted by Gasteiger charge is -2.33. The lowest BCUT2D eigenvalue weighted by Crippen LogP contribution is -2.59. The van der Waals surface area contributed by atoms with Gasteiger partial charge in [0, 0.05) is 18.8 Å². The summed E-state index contributed by atoms with van der Waals surface area (Å²) in [6, 6.07) is 8.26. The molecular formula is C31H43BN4O7. The molecule has 1 aromatic heterocycles. The fourth-order valence-electron chi connectivity index (χ4n) is 4.71. The number of nitrogens with zero attached hydrogens (tertiary/aromatic N) is 2. The smallest absolute Gasteiger partial charge is 0.508 e. The van der Waals surface area contributed by atoms with Crippen LogP contribution in [0.5, 0.6) is 0 Å². The molecule has 3 rings (SSSR count). The molecule has 0 saturated carbocycles. The van der Waals surface area contributed by atoms with E-state index in [-0.39, 0.29) is 36.5 Å². The molecular weight excluding hydrogens is 551 g/mol. The first-order valence-corrected chi connectivity index (χ1v) is 14.9. The van der Waals surface area contributed by atoms with E-state index >= 15 is 0 Å². The second-order valence-corrected chi connectivity index (χ2v) is 12.1. The van der Waals surface area contributed by atoms with Gasteiger partial charge in [-0.15, -0.1) is 0 Å². The molecule has 0 radical (unpaired) electrons. The highest BCUT2D eigenvalue weighted by Gasteiger charge is 2.45. The van der Waals surface area contributed by atoms with Gasteiger partial charge >= 0.3 is 13.1 Å². The second-order valence-electron chi connectivity index (χ2n) is 12.1. The van der Waals surface area contributed by atoms with E-state index < -0.39 is 49.0 Å². The predicted molar refractivity (Wildman–Crippen MR) is 160 cm³/mol. The molecule has 11 nitrogen and oxygen atoms in total. The van der Waals surface area contributed by atoms with Crippen LogP contribution in [-0.2, 0) is 34.9 Å². The summed E-state index contributed by atoms with van der Waals surface area (Å²) in [6.45, 7) is 10.3. The molecule has 12 heteroatoms. The summed E-state index contributed by atoms with van der Waals surface area (Å²) in [5.41, 5.74) is 0.682. The molecule has 2 heterocycles. The third-order valence-corrected chi connectivity index (χ3v) is 7.06. The normalized spacial score (nSPS) is 16.7. The van der Waals surface area contributed by atoms with Gasteiger partial charge in [-0.05, 0) is 29.7 Å². The number of benzene rings is 1. The minimum absolute atomic E-state index is 0.0656. The molecule has 1 saturated heterocycles. The molecule has 0 aliphatic carbocycles. The van der Waals surface area contributed by atoms with Gasteiger partial charge < -0.3 is 24.7 Å². The van der Waals surface area contributed by atoms with Gasteiger partial charge in [0.05, 0.1) is 25.2 Å². The number of hydrogen-bond donors (Lipinski definition) is 2. The van der Waals surface area contributed by atoms with Gasteiger partial charge in [-0.2, -0.15) is 0 Å². The first kappa shape index (κ1) is 33.7. The van der Waals surface area contributed by atoms with E-state index in [2.05, 4.69) is 27.5 Å². The van der Waals surface area contributed by atoms with E-state index in [0.717, 1.165) is 24.8 Å². The third kappa shape index (κ3) is 11.1. The maximum atomic E-state index is 13.7. The van der Waals surface area contributed by atoms with Gasteiger partial charge in [-0.3, -0.25) is 19.4 Å². The Bertz CT molecular complexity index is 1210. The monoisotopic (exact) mass is 594 g/mol. The SMILES string of the molecule is CCCCC(C)(C)COC(=O)[C@@H]1CC(=O)OB([C@H](CC(C)C)NC(=O)[C@H](Cc2ccccc2)NC(=O)c2cnccn2)O1. The minimum atomic E-state index is -1.22. The standard InChI is InChI=1S/C31H43BN4O7/c1-6-7-13-31(4,5)20-41-30(40)25-18-27(37)43-32(42-25)26(16-21(2)3)36-28(38)23(17-22-11-9-8-10-12-22)35-29(39)24-19-33-14-15-34-24/h8-12,14-15,19,21,23,25-26H,6-7,13,16-18,20H2,1-5H3,(H,35,39)(H,36,38)/t23-,25-,26-/m0/s1. The van der Waals surface area contributed by atoms with Crippen LogP contribution in [0.3, 0.4) is 0 Å². The Balaban J connectivity index is 1.75. The van der Waals surface area contributed by atoms with Crippen molar-refractivity contribution in [3.63, 3.8) is 0 Å². The third-order valence-electron chi connectivity index (χ3n) is 7.06. The van der Waals surface area contributed by atoms with Gasteiger partial charge in [0.25, 0.3) is 11.9 Å². The van der Waals surface area contributed by atoms with Gasteiger partial charge in [-0.1, -0.05) is 77.8 Å². The number of esters is 1. The average molecular weight is 595 g/mol. The van der Waals surface area contributed by atoms with E-state index in [9.17, 15) is 19.2 Å². The first-order chi connectivity index (χ1) is 20.5. The number of hydrogen-bond acceptors (Lipinski definition) is 9. The first-order valence-electron chi connectivity index (χ1n) is 14.9. The summed E-state index contributed by atoms with van der Waals surface area (Å²) in [4.78, 5) is 60.1. The molecule has 2 N–H and O–H groups in total. The minimum Gasteiger partial charge on any atom is -0.508 e. The molecule has 1 fully saturated rings. The summed E-state index contributed by atoms with van der Waals surface area (Å²) in [6.07, 6.45) is 6.24. The van der Waals surface area contributed by atoms with Gasteiger partial charge in [0.15, 0.2) is 6.10 Å². The van der Waals surface area contributed by atoms with Crippen molar-refractivity contribution in [1.29, 1.82) is 0 Å². The molecule has 1 aliphatic rings. The van der Waals surface area contributed by atoms with Crippen molar-refractivity contribution < 1.29 is 33.2 Å². The van der Waals surface area contributed by atoms with Crippen molar-refractivity contribution in [2.24, 2.45) is 11.3 Å². The van der Waals surface area contributed by atoms with Crippen LogP contribution in [0.15, 0.2) is 48.9 Å². The number of amides is 2. The molecule has 0 bridgehead atoms. The molecule has 2 amide bonds. The van der Waals surface area contributed by atoms with E-state index in [1.165, 1.54) is 18.6 Å². The highest BCUT2D eigenvalue weighted by Crippen LogP contribution is 2.25. The maximum absolute atomic E-state index is 13.7. The summed E-state index contributed by atoms with van der Waals surface area (Å²) in [7, 11) is -1.22. The van der Waals surface area contributed by atoms with Crippen molar-refractivity contribution >= 4 is 30.9 Å². The lowest BCUT2D eigenvalue weighted by atomic mass is 9.72. The highest BCUT2D eigenvalue weighted by molar-refractivity contribution is 6.50. The summed E-state index contributed by atoms with van der Waals surface area (Å²) in [5, 5.41) is 5.66. The number of carbonyl (C=O) groups is 4. The average Bonchev–Trinajstić information content (AvgIpc) is 2.98. The topological polar surface area (TPSA) is 146 Å². The Morgan fingerprint density at radius 3 is 2.53 bits per heavy atom. The molecule has 43 heavy (non-hydrogen) atoms. The fraction of sp³-hybridized carbons (Fsp3) is 0.548. The van der Waals surface area contributed by atoms with Crippen molar-refractivity contribution in [1.82, 2.24) is 20.6 Å². The number of rotatable bonds is 15. The summed E-state index contributed by atoms with van der Waals surface area (Å²) < 4.78 is 17.0. The van der Waals surface area contributed by atoms with Crippen LogP contribution in [0.1, 0.15) is 82.8 Å². The molecule has 232 valence electrons. The zero-order valence-electron chi connectivity index (χ0n) is 25.7. The molecule has 1 aromatic carbocycles. The molecule has 1 aliphatic heterocycles. The van der Waals surface area contributed by atoms with E-state index in [1.807, 2.05) is 58.0 Å². The van der Waals surface area contributed by atoms with E-state index in [1.54, 1.807) is 0 Å². The lowest BCUT2D eigenvalue weighted by molar-refractivity contribution is -0.164. The number of nitrogens with one attached hydrogen (secondary N) is 2. The summed E-state index contributed by atoms with van der Waals surface area (Å²) >= 11 is 0. The maximum Gasteiger partial charge on any atom is 0.551 e. The molecule has 0 spiro atoms. The van der Waals surface area contributed by atoms with Crippen LogP contribution < -0.4 is 10.6 Å². The van der Waals surface area contributed by atoms with Crippen molar-refractivity contribution in [2.45, 2.75) is 91.2 Å². The molecule has 0 unspecified atom stereocenters. The van der Waals surface area contributed by atoms with Crippen LogP contribution in [0.25, 0.3) is 0 Å². The number of carbonyl (C=O) groups excluding carboxylic acids is 4. The Labute approximate surface area is 254 Å². The number of unbranched alkanes of at least 4 members (excludes halogenated alkanes) is 1. The fourth-order valence-corrected chi connectivity index (χ4v) is 4.71. The molecule has 2 aromatic rings. The second kappa shape index (κ2) is 16.2. The van der Waals surface area contributed by atoms with E-state index in [0.29, 0.717) is 6.42 Å². The Morgan fingerprint density at radius 1 is 1.14 bits per heavy atom. The highest BCUT2D eigenvalue weighted by atomic mass is 16.7. The zero-order valence-corrected chi connectivity index (χ0v) is 25.7. The quantitative estimate of drug-likeness (QED) is 0.234. The largest absolute Gasteiger partial charge is 0.551 e. The summed E-state index contributed by atoms with van der Waals surface area (Å²) in [5.74, 6) is -3.05. The van der Waals surface area contributed by atoms with Crippen LogP contribution in [0.4, 0.5) is 0 Å². The van der Waals surface area contributed by atoms with Gasteiger partial charge in [0.1, 0.15) is 11.7 Å². The van der Waals surface area contributed by atoms with Crippen LogP contribution in [-0.4, -0.2) is 65.5 Å². The Morgan fingerprint density at radius 2 is 1.88 bits per heavy atom. The molecule has 3 atom stereocenters. The van der Waals surface area contributed by atoms with Crippen molar-refractivity contribution in [3.8, 4) is 0 Å². The van der Waals surface area contributed by atoms with Crippen LogP contribution >= 0.6 is 0 Å². The Kier molecular flexibility index (Phi) is 12.7. The number of ether oxygens (including phenoxy) is 1. The predicted octanol–water partition coefficient (Wildman–Crippen LogP) is 3.47. The van der Waals surface area contributed by atoms with Crippen LogP contribution in [0, 0.1) is 11.3 Å². The van der Waals surface area contributed by atoms with Crippen molar-refractivity contribution in [3.05, 3.63) is 60.2 Å². The van der Waals surface area contributed by atoms with Crippen LogP contribution in [0.2, 0.25) is 0 Å². The van der Waals surface area contributed by atoms with Gasteiger partial charge in [0.2, 0.25) is 5.91 Å². The van der Waals surface area contributed by atoms with E-state index in [4.69, 9.17) is 14.0 Å².